The molecule has 0 aliphatic heterocycles. The summed E-state index contributed by atoms with van der Waals surface area (Å²) in [6.45, 7) is 4.73. The van der Waals surface area contributed by atoms with E-state index < -0.39 is 0 Å². The molecule has 0 spiro atoms. The second kappa shape index (κ2) is 5.46. The molecule has 0 aliphatic carbocycles. The molecule has 0 radical (unpaired) electrons. The second-order valence-electron chi connectivity index (χ2n) is 4.38. The van der Waals surface area contributed by atoms with E-state index in [2.05, 4.69) is 28.3 Å². The lowest BCUT2D eigenvalue weighted by Gasteiger charge is -2.08. The van der Waals surface area contributed by atoms with Crippen LogP contribution in [0.4, 0.5) is 11.5 Å². The predicted octanol–water partition coefficient (Wildman–Crippen LogP) is 4.14. The highest BCUT2D eigenvalue weighted by atomic mass is 32.1. The van der Waals surface area contributed by atoms with Gasteiger partial charge in [0.1, 0.15) is 22.7 Å². The summed E-state index contributed by atoms with van der Waals surface area (Å²) in [5.74, 6) is 1.71. The monoisotopic (exact) mass is 285 g/mol. The van der Waals surface area contributed by atoms with Gasteiger partial charge in [0.15, 0.2) is 0 Å². The van der Waals surface area contributed by atoms with Gasteiger partial charge in [0.2, 0.25) is 0 Å². The first-order valence-corrected chi connectivity index (χ1v) is 7.29. The molecular formula is C15H15N3OS. The van der Waals surface area contributed by atoms with Crippen molar-refractivity contribution in [1.29, 1.82) is 0 Å². The summed E-state index contributed by atoms with van der Waals surface area (Å²) < 4.78 is 5.43. The van der Waals surface area contributed by atoms with Crippen molar-refractivity contribution in [3.8, 4) is 5.75 Å². The maximum Gasteiger partial charge on any atom is 0.142 e. The first-order chi connectivity index (χ1) is 9.76. The van der Waals surface area contributed by atoms with E-state index in [0.29, 0.717) is 6.61 Å². The maximum atomic E-state index is 5.43. The van der Waals surface area contributed by atoms with Crippen molar-refractivity contribution < 1.29 is 4.74 Å². The Balaban J connectivity index is 1.88. The van der Waals surface area contributed by atoms with Crippen LogP contribution >= 0.6 is 11.3 Å². The molecule has 0 saturated carbocycles. The van der Waals surface area contributed by atoms with E-state index in [1.165, 1.54) is 4.88 Å². The Hall–Kier alpha value is -2.14. The summed E-state index contributed by atoms with van der Waals surface area (Å²) >= 11 is 1.67. The van der Waals surface area contributed by atoms with Gasteiger partial charge in [0, 0.05) is 10.6 Å². The number of anilines is 2. The maximum absolute atomic E-state index is 5.43. The molecule has 4 nitrogen and oxygen atoms in total. The van der Waals surface area contributed by atoms with Crippen LogP contribution in [-0.4, -0.2) is 16.6 Å². The Morgan fingerprint density at radius 2 is 2.00 bits per heavy atom. The molecule has 20 heavy (non-hydrogen) atoms. The highest BCUT2D eigenvalue weighted by molar-refractivity contribution is 7.18. The molecule has 2 aromatic heterocycles. The summed E-state index contributed by atoms with van der Waals surface area (Å²) in [6, 6.07) is 9.97. The molecule has 3 aromatic rings. The fourth-order valence-corrected chi connectivity index (χ4v) is 2.86. The van der Waals surface area contributed by atoms with E-state index in [0.717, 1.165) is 27.5 Å². The molecule has 0 atom stereocenters. The third-order valence-electron chi connectivity index (χ3n) is 2.88. The van der Waals surface area contributed by atoms with Gasteiger partial charge in [-0.2, -0.15) is 0 Å². The fraction of sp³-hybridized carbons (Fsp3) is 0.200. The Morgan fingerprint density at radius 1 is 1.20 bits per heavy atom. The summed E-state index contributed by atoms with van der Waals surface area (Å²) in [6.07, 6.45) is 1.59. The average molecular weight is 285 g/mol. The predicted molar refractivity (Wildman–Crippen MR) is 83.0 cm³/mol. The van der Waals surface area contributed by atoms with Gasteiger partial charge in [0.05, 0.1) is 12.0 Å². The van der Waals surface area contributed by atoms with Crippen molar-refractivity contribution in [1.82, 2.24) is 9.97 Å². The molecule has 1 N–H and O–H groups in total. The summed E-state index contributed by atoms with van der Waals surface area (Å²) in [4.78, 5) is 10.9. The van der Waals surface area contributed by atoms with Crippen LogP contribution < -0.4 is 10.1 Å². The van der Waals surface area contributed by atoms with Gasteiger partial charge in [-0.25, -0.2) is 9.97 Å². The van der Waals surface area contributed by atoms with Crippen LogP contribution in [0.5, 0.6) is 5.75 Å². The van der Waals surface area contributed by atoms with Crippen molar-refractivity contribution in [2.24, 2.45) is 0 Å². The third-order valence-corrected chi connectivity index (χ3v) is 3.84. The number of fused-ring (bicyclic) bond motifs is 1. The highest BCUT2D eigenvalue weighted by Gasteiger charge is 2.07. The standard InChI is InChI=1S/C15H15N3OS/c1-3-19-12-6-4-11(5-7-12)18-14-13-8-10(2)20-15(13)17-9-16-14/h4-9H,3H2,1-2H3,(H,16,17,18). The van der Waals surface area contributed by atoms with Gasteiger partial charge in [0.25, 0.3) is 0 Å². The lowest BCUT2D eigenvalue weighted by molar-refractivity contribution is 0.340. The lowest BCUT2D eigenvalue weighted by Crippen LogP contribution is -1.95. The lowest BCUT2D eigenvalue weighted by atomic mass is 10.3. The number of ether oxygens (including phenoxy) is 1. The van der Waals surface area contributed by atoms with Gasteiger partial charge in [-0.05, 0) is 44.2 Å². The minimum atomic E-state index is 0.674. The van der Waals surface area contributed by atoms with Gasteiger partial charge in [-0.3, -0.25) is 0 Å². The van der Waals surface area contributed by atoms with Gasteiger partial charge < -0.3 is 10.1 Å². The van der Waals surface area contributed by atoms with Crippen molar-refractivity contribution >= 4 is 33.1 Å². The van der Waals surface area contributed by atoms with E-state index in [1.54, 1.807) is 17.7 Å². The van der Waals surface area contributed by atoms with Crippen LogP contribution in [-0.2, 0) is 0 Å². The number of hydrogen-bond donors (Lipinski definition) is 1. The molecule has 102 valence electrons. The zero-order chi connectivity index (χ0) is 13.9. The largest absolute Gasteiger partial charge is 0.494 e. The van der Waals surface area contributed by atoms with Crippen LogP contribution in [0.25, 0.3) is 10.2 Å². The molecular weight excluding hydrogens is 270 g/mol. The van der Waals surface area contributed by atoms with Gasteiger partial charge in [-0.15, -0.1) is 11.3 Å². The zero-order valence-electron chi connectivity index (χ0n) is 11.4. The topological polar surface area (TPSA) is 47.0 Å². The van der Waals surface area contributed by atoms with Crippen LogP contribution in [0.15, 0.2) is 36.7 Å². The first kappa shape index (κ1) is 12.9. The van der Waals surface area contributed by atoms with Crippen molar-refractivity contribution in [2.45, 2.75) is 13.8 Å². The van der Waals surface area contributed by atoms with E-state index in [9.17, 15) is 0 Å². The van der Waals surface area contributed by atoms with Crippen molar-refractivity contribution in [3.63, 3.8) is 0 Å². The van der Waals surface area contributed by atoms with Gasteiger partial charge in [-0.1, -0.05) is 0 Å². The Kier molecular flexibility index (Phi) is 3.52. The molecule has 0 aliphatic rings. The number of aryl methyl sites for hydroxylation is 1. The number of benzene rings is 1. The molecule has 1 aromatic carbocycles. The minimum absolute atomic E-state index is 0.674. The highest BCUT2D eigenvalue weighted by Crippen LogP contribution is 2.29. The molecule has 0 bridgehead atoms. The average Bonchev–Trinajstić information content (AvgIpc) is 2.83. The summed E-state index contributed by atoms with van der Waals surface area (Å²) in [5, 5.41) is 4.39. The summed E-state index contributed by atoms with van der Waals surface area (Å²) in [7, 11) is 0. The van der Waals surface area contributed by atoms with Crippen molar-refractivity contribution in [2.75, 3.05) is 11.9 Å². The second-order valence-corrected chi connectivity index (χ2v) is 5.62. The first-order valence-electron chi connectivity index (χ1n) is 6.47. The van der Waals surface area contributed by atoms with E-state index >= 15 is 0 Å². The molecule has 3 rings (SSSR count). The number of nitrogens with one attached hydrogen (secondary N) is 1. The molecule has 0 amide bonds. The van der Waals surface area contributed by atoms with E-state index in [4.69, 9.17) is 4.74 Å². The van der Waals surface area contributed by atoms with Crippen LogP contribution in [0.3, 0.4) is 0 Å². The van der Waals surface area contributed by atoms with E-state index in [-0.39, 0.29) is 0 Å². The Morgan fingerprint density at radius 3 is 2.75 bits per heavy atom. The van der Waals surface area contributed by atoms with E-state index in [1.807, 2.05) is 31.2 Å². The zero-order valence-corrected chi connectivity index (χ0v) is 12.2. The Labute approximate surface area is 121 Å². The van der Waals surface area contributed by atoms with Crippen LogP contribution in [0, 0.1) is 6.92 Å². The Bertz CT molecular complexity index is 722. The number of hydrogen-bond acceptors (Lipinski definition) is 5. The minimum Gasteiger partial charge on any atom is -0.494 e. The fourth-order valence-electron chi connectivity index (χ4n) is 2.01. The number of thiophene rings is 1. The molecule has 5 heteroatoms. The molecule has 2 heterocycles. The quantitative estimate of drug-likeness (QED) is 0.782. The molecule has 0 unspecified atom stereocenters. The van der Waals surface area contributed by atoms with Crippen molar-refractivity contribution in [3.05, 3.63) is 41.5 Å². The van der Waals surface area contributed by atoms with Gasteiger partial charge >= 0.3 is 0 Å². The number of rotatable bonds is 4. The van der Waals surface area contributed by atoms with Crippen LogP contribution in [0.2, 0.25) is 0 Å². The normalized spacial score (nSPS) is 10.7. The summed E-state index contributed by atoms with van der Waals surface area (Å²) in [5.41, 5.74) is 0.984. The van der Waals surface area contributed by atoms with Crippen LogP contribution in [0.1, 0.15) is 11.8 Å². The molecule has 0 saturated heterocycles. The third kappa shape index (κ3) is 2.58. The number of aromatic nitrogens is 2. The SMILES string of the molecule is CCOc1ccc(Nc2ncnc3sc(C)cc23)cc1. The number of nitrogens with zero attached hydrogens (tertiary/aromatic N) is 2. The molecule has 0 fully saturated rings. The smallest absolute Gasteiger partial charge is 0.142 e.